The van der Waals surface area contributed by atoms with E-state index in [2.05, 4.69) is 18.8 Å². The molecule has 0 amide bonds. The van der Waals surface area contributed by atoms with Crippen molar-refractivity contribution in [2.24, 2.45) is 5.92 Å². The fourth-order valence-electron chi connectivity index (χ4n) is 2.76. The zero-order chi connectivity index (χ0) is 17.9. The lowest BCUT2D eigenvalue weighted by Crippen LogP contribution is -2.13. The number of aromatic nitrogens is 1. The summed E-state index contributed by atoms with van der Waals surface area (Å²) in [5.74, 6) is -0.241. The van der Waals surface area contributed by atoms with Gasteiger partial charge in [-0.1, -0.05) is 32.9 Å². The van der Waals surface area contributed by atoms with Crippen LogP contribution in [0, 0.1) is 18.7 Å². The summed E-state index contributed by atoms with van der Waals surface area (Å²) in [6, 6.07) is 6.98. The number of aryl methyl sites for hydroxylation is 2. The molecule has 24 heavy (non-hydrogen) atoms. The monoisotopic (exact) mass is 329 g/mol. The first kappa shape index (κ1) is 18.1. The highest BCUT2D eigenvalue weighted by molar-refractivity contribution is 5.93. The van der Waals surface area contributed by atoms with E-state index in [1.807, 2.05) is 19.1 Å². The lowest BCUT2D eigenvalue weighted by Gasteiger charge is -2.16. The second-order valence-corrected chi connectivity index (χ2v) is 6.40. The zero-order valence-corrected chi connectivity index (χ0v) is 14.9. The summed E-state index contributed by atoms with van der Waals surface area (Å²) in [5.41, 5.74) is 4.15. The second-order valence-electron chi connectivity index (χ2n) is 6.40. The Labute approximate surface area is 142 Å². The summed E-state index contributed by atoms with van der Waals surface area (Å²) < 4.78 is 18.9. The van der Waals surface area contributed by atoms with Crippen molar-refractivity contribution in [3.63, 3.8) is 0 Å². The van der Waals surface area contributed by atoms with Gasteiger partial charge in [0.15, 0.2) is 0 Å². The van der Waals surface area contributed by atoms with Crippen molar-refractivity contribution in [2.45, 2.75) is 40.5 Å². The summed E-state index contributed by atoms with van der Waals surface area (Å²) in [6.07, 6.45) is 1.35. The smallest absolute Gasteiger partial charge is 0.339 e. The maximum Gasteiger partial charge on any atom is 0.339 e. The van der Waals surface area contributed by atoms with Crippen molar-refractivity contribution in [1.82, 2.24) is 4.98 Å². The number of benzene rings is 1. The Morgan fingerprint density at radius 3 is 2.54 bits per heavy atom. The minimum atomic E-state index is -0.364. The van der Waals surface area contributed by atoms with Crippen molar-refractivity contribution in [1.29, 1.82) is 0 Å². The van der Waals surface area contributed by atoms with E-state index in [1.165, 1.54) is 13.2 Å². The summed E-state index contributed by atoms with van der Waals surface area (Å²) in [7, 11) is 1.38. The molecule has 0 N–H and O–H groups in total. The van der Waals surface area contributed by atoms with E-state index in [0.717, 1.165) is 12.0 Å². The molecule has 0 bridgehead atoms. The van der Waals surface area contributed by atoms with Gasteiger partial charge >= 0.3 is 5.97 Å². The van der Waals surface area contributed by atoms with Crippen LogP contribution in [0.4, 0.5) is 4.39 Å². The third-order valence-corrected chi connectivity index (χ3v) is 4.00. The predicted molar refractivity (Wildman–Crippen MR) is 93.6 cm³/mol. The van der Waals surface area contributed by atoms with Crippen LogP contribution in [0.2, 0.25) is 0 Å². The molecule has 2 aromatic rings. The van der Waals surface area contributed by atoms with Crippen LogP contribution in [0.3, 0.4) is 0 Å². The van der Waals surface area contributed by atoms with Crippen LogP contribution in [-0.4, -0.2) is 18.1 Å². The fourth-order valence-corrected chi connectivity index (χ4v) is 2.76. The van der Waals surface area contributed by atoms with E-state index in [0.29, 0.717) is 40.4 Å². The number of nitrogens with zero attached hydrogens (tertiary/aromatic N) is 1. The first-order valence-corrected chi connectivity index (χ1v) is 8.25. The predicted octanol–water partition coefficient (Wildman–Crippen LogP) is 4.74. The summed E-state index contributed by atoms with van der Waals surface area (Å²) in [6.45, 7) is 7.87. The molecule has 128 valence electrons. The average Bonchev–Trinajstić information content (AvgIpc) is 2.55. The SMILES string of the molecule is CCc1nc(-c2ccc(C)c(F)c2)cc(CC(C)C)c1C(=O)OC. The molecular formula is C20H24FNO2. The highest BCUT2D eigenvalue weighted by Gasteiger charge is 2.20. The number of ether oxygens (including phenoxy) is 1. The van der Waals surface area contributed by atoms with Crippen LogP contribution in [0.5, 0.6) is 0 Å². The van der Waals surface area contributed by atoms with Gasteiger partial charge < -0.3 is 4.74 Å². The van der Waals surface area contributed by atoms with Crippen LogP contribution in [0.1, 0.15) is 48.0 Å². The summed E-state index contributed by atoms with van der Waals surface area (Å²) in [4.78, 5) is 16.8. The molecule has 3 nitrogen and oxygen atoms in total. The Kier molecular flexibility index (Phi) is 5.71. The van der Waals surface area contributed by atoms with Gasteiger partial charge in [0.25, 0.3) is 0 Å². The average molecular weight is 329 g/mol. The third-order valence-electron chi connectivity index (χ3n) is 4.00. The van der Waals surface area contributed by atoms with Crippen LogP contribution in [0.15, 0.2) is 24.3 Å². The van der Waals surface area contributed by atoms with Crippen LogP contribution < -0.4 is 0 Å². The molecule has 0 saturated heterocycles. The molecule has 0 fully saturated rings. The van der Waals surface area contributed by atoms with Gasteiger partial charge in [0, 0.05) is 5.56 Å². The van der Waals surface area contributed by atoms with E-state index in [-0.39, 0.29) is 11.8 Å². The molecular weight excluding hydrogens is 305 g/mol. The molecule has 4 heteroatoms. The first-order valence-electron chi connectivity index (χ1n) is 8.25. The number of halogens is 1. The normalized spacial score (nSPS) is 11.0. The molecule has 2 rings (SSSR count). The Morgan fingerprint density at radius 1 is 1.29 bits per heavy atom. The molecule has 0 aliphatic heterocycles. The van der Waals surface area contributed by atoms with Gasteiger partial charge in [-0.25, -0.2) is 9.18 Å². The Bertz CT molecular complexity index is 754. The molecule has 1 aromatic carbocycles. The number of hydrogen-bond acceptors (Lipinski definition) is 3. The second kappa shape index (κ2) is 7.56. The van der Waals surface area contributed by atoms with Gasteiger partial charge in [-0.2, -0.15) is 0 Å². The maximum absolute atomic E-state index is 13.9. The minimum absolute atomic E-state index is 0.255. The highest BCUT2D eigenvalue weighted by atomic mass is 19.1. The van der Waals surface area contributed by atoms with Gasteiger partial charge in [0.05, 0.1) is 24.1 Å². The lowest BCUT2D eigenvalue weighted by atomic mass is 9.94. The van der Waals surface area contributed by atoms with Crippen molar-refractivity contribution in [2.75, 3.05) is 7.11 Å². The van der Waals surface area contributed by atoms with Crippen molar-refractivity contribution >= 4 is 5.97 Å². The minimum Gasteiger partial charge on any atom is -0.465 e. The van der Waals surface area contributed by atoms with Crippen LogP contribution in [-0.2, 0) is 17.6 Å². The number of carbonyl (C=O) groups is 1. The molecule has 0 saturated carbocycles. The Balaban J connectivity index is 2.65. The molecule has 1 aromatic heterocycles. The van der Waals surface area contributed by atoms with Crippen LogP contribution in [0.25, 0.3) is 11.3 Å². The van der Waals surface area contributed by atoms with E-state index < -0.39 is 0 Å². The fraction of sp³-hybridized carbons (Fsp3) is 0.400. The van der Waals surface area contributed by atoms with E-state index in [1.54, 1.807) is 13.0 Å². The van der Waals surface area contributed by atoms with Gasteiger partial charge in [-0.15, -0.1) is 0 Å². The number of carbonyl (C=O) groups excluding carboxylic acids is 1. The Hall–Kier alpha value is -2.23. The number of esters is 1. The van der Waals surface area contributed by atoms with Crippen molar-refractivity contribution < 1.29 is 13.9 Å². The van der Waals surface area contributed by atoms with E-state index >= 15 is 0 Å². The Morgan fingerprint density at radius 2 is 2.00 bits per heavy atom. The summed E-state index contributed by atoms with van der Waals surface area (Å²) >= 11 is 0. The van der Waals surface area contributed by atoms with Gasteiger partial charge in [-0.05, 0) is 48.9 Å². The van der Waals surface area contributed by atoms with Crippen molar-refractivity contribution in [3.8, 4) is 11.3 Å². The molecule has 0 spiro atoms. The summed E-state index contributed by atoms with van der Waals surface area (Å²) in [5, 5.41) is 0. The van der Waals surface area contributed by atoms with Gasteiger partial charge in [-0.3, -0.25) is 4.98 Å². The van der Waals surface area contributed by atoms with Crippen molar-refractivity contribution in [3.05, 3.63) is 52.5 Å². The van der Waals surface area contributed by atoms with E-state index in [4.69, 9.17) is 4.74 Å². The first-order chi connectivity index (χ1) is 11.4. The molecule has 0 aliphatic rings. The molecule has 0 unspecified atom stereocenters. The number of hydrogen-bond donors (Lipinski definition) is 0. The number of rotatable bonds is 5. The lowest BCUT2D eigenvalue weighted by molar-refractivity contribution is 0.0597. The molecule has 1 heterocycles. The quantitative estimate of drug-likeness (QED) is 0.744. The maximum atomic E-state index is 13.9. The third kappa shape index (κ3) is 3.81. The number of methoxy groups -OCH3 is 1. The van der Waals surface area contributed by atoms with Gasteiger partial charge in [0.1, 0.15) is 5.82 Å². The molecule has 0 atom stereocenters. The highest BCUT2D eigenvalue weighted by Crippen LogP contribution is 2.27. The largest absolute Gasteiger partial charge is 0.465 e. The van der Waals surface area contributed by atoms with E-state index in [9.17, 15) is 9.18 Å². The number of pyridine rings is 1. The molecule has 0 aliphatic carbocycles. The molecule has 0 radical (unpaired) electrons. The van der Waals surface area contributed by atoms with Crippen LogP contribution >= 0.6 is 0 Å². The zero-order valence-electron chi connectivity index (χ0n) is 14.9. The standard InChI is InChI=1S/C20H24FNO2/c1-6-17-19(20(23)24-5)15(9-12(2)3)11-18(22-17)14-8-7-13(4)16(21)10-14/h7-8,10-12H,6,9H2,1-5H3. The topological polar surface area (TPSA) is 39.2 Å². The van der Waals surface area contributed by atoms with Gasteiger partial charge in [0.2, 0.25) is 0 Å².